The zero-order chi connectivity index (χ0) is 11.1. The first kappa shape index (κ1) is 10.9. The Bertz CT molecular complexity index is 357. The molecule has 0 amide bonds. The number of rotatable bonds is 2. The van der Waals surface area contributed by atoms with Crippen LogP contribution in [-0.2, 0) is 6.42 Å². The van der Waals surface area contributed by atoms with Crippen LogP contribution in [0, 0.1) is 5.41 Å². The summed E-state index contributed by atoms with van der Waals surface area (Å²) in [5.41, 5.74) is 7.33. The summed E-state index contributed by atoms with van der Waals surface area (Å²) in [7, 11) is 0. The van der Waals surface area contributed by atoms with Gasteiger partial charge in [0.15, 0.2) is 5.13 Å². The highest BCUT2D eigenvalue weighted by Crippen LogP contribution is 2.43. The first-order chi connectivity index (χ1) is 7.02. The number of fused-ring (bicyclic) bond motifs is 1. The lowest BCUT2D eigenvalue weighted by Gasteiger charge is -2.34. The molecule has 0 radical (unpaired) electrons. The van der Waals surface area contributed by atoms with E-state index in [0.29, 0.717) is 16.6 Å². The minimum atomic E-state index is 0.334. The van der Waals surface area contributed by atoms with Crippen LogP contribution < -0.4 is 11.1 Å². The summed E-state index contributed by atoms with van der Waals surface area (Å²) in [6.45, 7) is 7.75. The van der Waals surface area contributed by atoms with Gasteiger partial charge in [0.2, 0.25) is 0 Å². The van der Waals surface area contributed by atoms with Gasteiger partial charge in [0, 0.05) is 10.9 Å². The average molecular weight is 225 g/mol. The second-order valence-electron chi connectivity index (χ2n) is 5.02. The van der Waals surface area contributed by atoms with Crippen molar-refractivity contribution >= 4 is 16.5 Å². The van der Waals surface area contributed by atoms with Gasteiger partial charge in [-0.05, 0) is 24.8 Å². The van der Waals surface area contributed by atoms with E-state index < -0.39 is 0 Å². The highest BCUT2D eigenvalue weighted by molar-refractivity contribution is 7.15. The second kappa shape index (κ2) is 3.76. The monoisotopic (exact) mass is 225 g/mol. The summed E-state index contributed by atoms with van der Waals surface area (Å²) >= 11 is 1.64. The van der Waals surface area contributed by atoms with Gasteiger partial charge in [0.25, 0.3) is 0 Å². The highest BCUT2D eigenvalue weighted by Gasteiger charge is 2.34. The van der Waals surface area contributed by atoms with Gasteiger partial charge in [-0.15, -0.1) is 11.3 Å². The third kappa shape index (κ3) is 2.16. The Kier molecular flexibility index (Phi) is 2.73. The van der Waals surface area contributed by atoms with E-state index in [2.05, 4.69) is 31.1 Å². The van der Waals surface area contributed by atoms with Crippen molar-refractivity contribution in [3.05, 3.63) is 10.6 Å². The van der Waals surface area contributed by atoms with Gasteiger partial charge in [0.05, 0.1) is 5.69 Å². The maximum atomic E-state index is 5.78. The van der Waals surface area contributed by atoms with Crippen molar-refractivity contribution in [3.63, 3.8) is 0 Å². The van der Waals surface area contributed by atoms with E-state index in [1.165, 1.54) is 17.0 Å². The fraction of sp³-hybridized carbons (Fsp3) is 0.727. The van der Waals surface area contributed by atoms with Crippen molar-refractivity contribution < 1.29 is 0 Å². The minimum absolute atomic E-state index is 0.334. The van der Waals surface area contributed by atoms with E-state index in [1.807, 2.05) is 0 Å². The van der Waals surface area contributed by atoms with Crippen LogP contribution in [0.2, 0.25) is 0 Å². The van der Waals surface area contributed by atoms with Crippen molar-refractivity contribution in [2.24, 2.45) is 5.41 Å². The van der Waals surface area contributed by atoms with Crippen molar-refractivity contribution in [1.29, 1.82) is 0 Å². The lowest BCUT2D eigenvalue weighted by Crippen LogP contribution is -2.32. The van der Waals surface area contributed by atoms with E-state index in [-0.39, 0.29) is 0 Å². The molecule has 0 aromatic carbocycles. The Hall–Kier alpha value is -0.610. The first-order valence-electron chi connectivity index (χ1n) is 5.50. The Labute approximate surface area is 95.1 Å². The SMILES string of the molecule is CCNC1CC(C)(C)Cc2nc(N)sc21. The molecule has 0 aliphatic heterocycles. The van der Waals surface area contributed by atoms with E-state index in [0.717, 1.165) is 13.0 Å². The Morgan fingerprint density at radius 2 is 2.33 bits per heavy atom. The third-order valence-electron chi connectivity index (χ3n) is 2.91. The lowest BCUT2D eigenvalue weighted by molar-refractivity contribution is 0.260. The number of hydrogen-bond acceptors (Lipinski definition) is 4. The fourth-order valence-corrected chi connectivity index (χ4v) is 3.29. The maximum absolute atomic E-state index is 5.78. The molecule has 1 heterocycles. The Morgan fingerprint density at radius 3 is 3.00 bits per heavy atom. The molecule has 0 bridgehead atoms. The quantitative estimate of drug-likeness (QED) is 0.812. The van der Waals surface area contributed by atoms with Crippen molar-refractivity contribution in [2.45, 2.75) is 39.7 Å². The van der Waals surface area contributed by atoms with Gasteiger partial charge >= 0.3 is 0 Å². The molecule has 3 N–H and O–H groups in total. The van der Waals surface area contributed by atoms with Crippen molar-refractivity contribution in [3.8, 4) is 0 Å². The van der Waals surface area contributed by atoms with Crippen LogP contribution in [0.15, 0.2) is 0 Å². The topological polar surface area (TPSA) is 50.9 Å². The van der Waals surface area contributed by atoms with Crippen LogP contribution in [0.5, 0.6) is 0 Å². The zero-order valence-corrected chi connectivity index (χ0v) is 10.4. The number of nitrogen functional groups attached to an aromatic ring is 1. The van der Waals surface area contributed by atoms with Crippen LogP contribution in [0.4, 0.5) is 5.13 Å². The maximum Gasteiger partial charge on any atom is 0.180 e. The minimum Gasteiger partial charge on any atom is -0.375 e. The van der Waals surface area contributed by atoms with Gasteiger partial charge < -0.3 is 11.1 Å². The molecule has 1 aromatic rings. The lowest BCUT2D eigenvalue weighted by atomic mass is 9.76. The first-order valence-corrected chi connectivity index (χ1v) is 6.32. The van der Waals surface area contributed by atoms with E-state index in [1.54, 1.807) is 11.3 Å². The van der Waals surface area contributed by atoms with Crippen LogP contribution in [0.25, 0.3) is 0 Å². The summed E-state index contributed by atoms with van der Waals surface area (Å²) in [6, 6.07) is 0.448. The molecule has 4 heteroatoms. The standard InChI is InChI=1S/C11H19N3S/c1-4-13-7-5-11(2,3)6-8-9(7)15-10(12)14-8/h7,13H,4-6H2,1-3H3,(H2,12,14). The van der Waals surface area contributed by atoms with Gasteiger partial charge in [0.1, 0.15) is 0 Å². The molecule has 0 fully saturated rings. The van der Waals surface area contributed by atoms with Gasteiger partial charge in [-0.25, -0.2) is 4.98 Å². The summed E-state index contributed by atoms with van der Waals surface area (Å²) in [5.74, 6) is 0. The summed E-state index contributed by atoms with van der Waals surface area (Å²) < 4.78 is 0. The summed E-state index contributed by atoms with van der Waals surface area (Å²) in [6.07, 6.45) is 2.23. The van der Waals surface area contributed by atoms with Crippen LogP contribution in [0.1, 0.15) is 43.8 Å². The molecule has 1 aromatic heterocycles. The van der Waals surface area contributed by atoms with Crippen LogP contribution in [-0.4, -0.2) is 11.5 Å². The second-order valence-corrected chi connectivity index (χ2v) is 6.08. The highest BCUT2D eigenvalue weighted by atomic mass is 32.1. The van der Waals surface area contributed by atoms with Gasteiger partial charge in [-0.2, -0.15) is 0 Å². The zero-order valence-electron chi connectivity index (χ0n) is 9.63. The summed E-state index contributed by atoms with van der Waals surface area (Å²) in [5, 5.41) is 4.23. The number of thiazole rings is 1. The summed E-state index contributed by atoms with van der Waals surface area (Å²) in [4.78, 5) is 5.79. The molecular weight excluding hydrogens is 206 g/mol. The molecule has 1 atom stereocenters. The molecule has 0 saturated heterocycles. The number of nitrogens with one attached hydrogen (secondary N) is 1. The number of nitrogens with zero attached hydrogens (tertiary/aromatic N) is 1. The van der Waals surface area contributed by atoms with Gasteiger partial charge in [-0.1, -0.05) is 20.8 Å². The Morgan fingerprint density at radius 1 is 1.60 bits per heavy atom. The van der Waals surface area contributed by atoms with Crippen molar-refractivity contribution in [2.75, 3.05) is 12.3 Å². The molecular formula is C11H19N3S. The smallest absolute Gasteiger partial charge is 0.180 e. The predicted molar refractivity (Wildman–Crippen MR) is 65.0 cm³/mol. The molecule has 84 valence electrons. The average Bonchev–Trinajstić information content (AvgIpc) is 2.44. The van der Waals surface area contributed by atoms with E-state index in [9.17, 15) is 0 Å². The number of hydrogen-bond donors (Lipinski definition) is 2. The molecule has 1 unspecified atom stereocenters. The van der Waals surface area contributed by atoms with Crippen LogP contribution >= 0.6 is 11.3 Å². The molecule has 3 nitrogen and oxygen atoms in total. The van der Waals surface area contributed by atoms with E-state index in [4.69, 9.17) is 5.73 Å². The number of nitrogens with two attached hydrogens (primary N) is 1. The normalized spacial score (nSPS) is 23.8. The molecule has 1 aliphatic rings. The largest absolute Gasteiger partial charge is 0.375 e. The van der Waals surface area contributed by atoms with Crippen LogP contribution in [0.3, 0.4) is 0 Å². The molecule has 15 heavy (non-hydrogen) atoms. The third-order valence-corrected chi connectivity index (χ3v) is 3.95. The molecule has 2 rings (SSSR count). The van der Waals surface area contributed by atoms with E-state index >= 15 is 0 Å². The molecule has 1 aliphatic carbocycles. The Balaban J connectivity index is 2.33. The number of aromatic nitrogens is 1. The molecule has 0 spiro atoms. The fourth-order valence-electron chi connectivity index (χ4n) is 2.36. The van der Waals surface area contributed by atoms with Gasteiger partial charge in [-0.3, -0.25) is 0 Å². The molecule has 0 saturated carbocycles. The van der Waals surface area contributed by atoms with Crippen molar-refractivity contribution in [1.82, 2.24) is 10.3 Å². The number of anilines is 1. The predicted octanol–water partition coefficient (Wildman–Crippen LogP) is 2.35.